The highest BCUT2D eigenvalue weighted by Gasteiger charge is 2.32. The molecule has 2 aromatic rings. The Morgan fingerprint density at radius 1 is 1.13 bits per heavy atom. The van der Waals surface area contributed by atoms with Crippen molar-refractivity contribution < 1.29 is 27.6 Å². The number of nitrogens with zero attached hydrogens (tertiary/aromatic N) is 1. The third kappa shape index (κ3) is 5.54. The van der Waals surface area contributed by atoms with Gasteiger partial charge in [0.2, 0.25) is 5.91 Å². The number of piperazine rings is 1. The summed E-state index contributed by atoms with van der Waals surface area (Å²) in [5.74, 6) is 0.199. The van der Waals surface area contributed by atoms with Gasteiger partial charge < -0.3 is 19.9 Å². The summed E-state index contributed by atoms with van der Waals surface area (Å²) < 4.78 is 44.7. The fourth-order valence-corrected chi connectivity index (χ4v) is 3.28. The number of likely N-dealkylation sites (N-methyl/N-ethyl adjacent to an activating group) is 1. The molecule has 3 rings (SSSR count). The van der Waals surface area contributed by atoms with Crippen molar-refractivity contribution in [1.29, 1.82) is 0 Å². The minimum absolute atomic E-state index is 0.161. The van der Waals surface area contributed by atoms with Gasteiger partial charge in [-0.3, -0.25) is 4.79 Å². The number of quaternary nitrogens is 1. The molecule has 0 radical (unpaired) electrons. The van der Waals surface area contributed by atoms with Crippen LogP contribution in [0.5, 0.6) is 5.75 Å². The van der Waals surface area contributed by atoms with E-state index in [1.54, 1.807) is 37.5 Å². The molecule has 8 heteroatoms. The summed E-state index contributed by atoms with van der Waals surface area (Å²) in [6, 6.07) is 10.6. The molecule has 0 aliphatic carbocycles. The third-order valence-corrected chi connectivity index (χ3v) is 5.08. The lowest BCUT2D eigenvalue weighted by molar-refractivity contribution is -0.880. The Morgan fingerprint density at radius 3 is 2.40 bits per heavy atom. The van der Waals surface area contributed by atoms with Crippen LogP contribution in [0.1, 0.15) is 11.1 Å². The fraction of sp³-hybridized carbons (Fsp3) is 0.318. The van der Waals surface area contributed by atoms with Crippen LogP contribution < -0.4 is 19.9 Å². The quantitative estimate of drug-likeness (QED) is 0.732. The summed E-state index contributed by atoms with van der Waals surface area (Å²) in [4.78, 5) is 15.8. The van der Waals surface area contributed by atoms with Crippen molar-refractivity contribution in [2.24, 2.45) is 0 Å². The lowest BCUT2D eigenvalue weighted by atomic mass is 10.1. The maximum Gasteiger partial charge on any atom is 0.416 e. The molecule has 0 bridgehead atoms. The normalized spacial score (nSPS) is 15.4. The summed E-state index contributed by atoms with van der Waals surface area (Å²) >= 11 is 0. The maximum atomic E-state index is 13.2. The van der Waals surface area contributed by atoms with Crippen molar-refractivity contribution in [2.45, 2.75) is 6.18 Å². The molecular formula is C22H25F3N3O2+. The van der Waals surface area contributed by atoms with Crippen LogP contribution in [0.3, 0.4) is 0 Å². The average Bonchev–Trinajstić information content (AvgIpc) is 2.72. The number of anilines is 2. The smallest absolute Gasteiger partial charge is 0.416 e. The Bertz CT molecular complexity index is 903. The average molecular weight is 420 g/mol. The monoisotopic (exact) mass is 420 g/mol. The highest BCUT2D eigenvalue weighted by Crippen LogP contribution is 2.35. The molecule has 5 nitrogen and oxygen atoms in total. The number of methoxy groups -OCH3 is 1. The molecule has 0 aromatic heterocycles. The highest BCUT2D eigenvalue weighted by atomic mass is 19.4. The van der Waals surface area contributed by atoms with E-state index in [9.17, 15) is 18.0 Å². The number of halogens is 3. The molecule has 0 spiro atoms. The van der Waals surface area contributed by atoms with Crippen molar-refractivity contribution in [3.05, 3.63) is 59.7 Å². The van der Waals surface area contributed by atoms with Crippen molar-refractivity contribution in [3.63, 3.8) is 0 Å². The van der Waals surface area contributed by atoms with Crippen molar-refractivity contribution in [1.82, 2.24) is 0 Å². The van der Waals surface area contributed by atoms with Gasteiger partial charge in [-0.05, 0) is 42.0 Å². The van der Waals surface area contributed by atoms with Gasteiger partial charge in [0.25, 0.3) is 0 Å². The number of amides is 1. The Hall–Kier alpha value is -3.00. The van der Waals surface area contributed by atoms with Crippen molar-refractivity contribution >= 4 is 23.4 Å². The molecule has 1 amide bonds. The zero-order chi connectivity index (χ0) is 21.7. The number of rotatable bonds is 5. The van der Waals surface area contributed by atoms with E-state index in [2.05, 4.69) is 12.4 Å². The van der Waals surface area contributed by atoms with E-state index in [1.807, 2.05) is 4.90 Å². The van der Waals surface area contributed by atoms with Crippen LogP contribution in [-0.2, 0) is 11.0 Å². The molecule has 1 fully saturated rings. The van der Waals surface area contributed by atoms with E-state index in [-0.39, 0.29) is 5.69 Å². The second kappa shape index (κ2) is 9.21. The maximum absolute atomic E-state index is 13.2. The van der Waals surface area contributed by atoms with E-state index < -0.39 is 17.6 Å². The largest absolute Gasteiger partial charge is 0.497 e. The van der Waals surface area contributed by atoms with Gasteiger partial charge in [-0.25, -0.2) is 0 Å². The first kappa shape index (κ1) is 21.7. The summed E-state index contributed by atoms with van der Waals surface area (Å²) in [7, 11) is 3.64. The molecule has 2 N–H and O–H groups in total. The summed E-state index contributed by atoms with van der Waals surface area (Å²) in [6.45, 7) is 3.18. The third-order valence-electron chi connectivity index (χ3n) is 5.08. The molecule has 0 saturated carbocycles. The molecule has 0 atom stereocenters. The minimum atomic E-state index is -4.48. The number of carbonyl (C=O) groups excluding carboxylic acids is 1. The zero-order valence-corrected chi connectivity index (χ0v) is 16.9. The van der Waals surface area contributed by atoms with Gasteiger partial charge in [0.15, 0.2) is 0 Å². The van der Waals surface area contributed by atoms with Gasteiger partial charge >= 0.3 is 6.18 Å². The van der Waals surface area contributed by atoms with E-state index in [1.165, 1.54) is 17.0 Å². The molecule has 1 heterocycles. The second-order valence-electron chi connectivity index (χ2n) is 7.27. The number of carbonyl (C=O) groups is 1. The van der Waals surface area contributed by atoms with Crippen LogP contribution >= 0.6 is 0 Å². The summed E-state index contributed by atoms with van der Waals surface area (Å²) in [5, 5.41) is 2.63. The molecule has 160 valence electrons. The van der Waals surface area contributed by atoms with Crippen LogP contribution in [0, 0.1) is 0 Å². The van der Waals surface area contributed by atoms with Crippen LogP contribution in [0.15, 0.2) is 48.5 Å². The molecule has 1 saturated heterocycles. The van der Waals surface area contributed by atoms with Crippen LogP contribution in [-0.4, -0.2) is 46.2 Å². The number of ether oxygens (including phenoxy) is 1. The first-order valence-electron chi connectivity index (χ1n) is 9.67. The number of alkyl halides is 3. The predicted octanol–water partition coefficient (Wildman–Crippen LogP) is 2.70. The SMILES string of the molecule is COc1ccc(C=CC(=O)Nc2cc(C(F)(F)F)ccc2N2CC[NH+](C)CC2)cc1. The van der Waals surface area contributed by atoms with Gasteiger partial charge in [0.1, 0.15) is 5.75 Å². The van der Waals surface area contributed by atoms with Crippen LogP contribution in [0.25, 0.3) is 6.08 Å². The molecule has 2 aromatic carbocycles. The van der Waals surface area contributed by atoms with Gasteiger partial charge in [0.05, 0.1) is 57.3 Å². The molecule has 1 aliphatic heterocycles. The topological polar surface area (TPSA) is 46.0 Å². The molecule has 1 aliphatic rings. The second-order valence-corrected chi connectivity index (χ2v) is 7.27. The Kier molecular flexibility index (Phi) is 6.66. The van der Waals surface area contributed by atoms with E-state index >= 15 is 0 Å². The predicted molar refractivity (Wildman–Crippen MR) is 111 cm³/mol. The zero-order valence-electron chi connectivity index (χ0n) is 16.9. The first-order valence-corrected chi connectivity index (χ1v) is 9.67. The van der Waals surface area contributed by atoms with Gasteiger partial charge in [-0.1, -0.05) is 12.1 Å². The van der Waals surface area contributed by atoms with Gasteiger partial charge in [0, 0.05) is 6.08 Å². The lowest BCUT2D eigenvalue weighted by Crippen LogP contribution is -3.12. The standard InChI is InChI=1S/C22H24F3N3O2/c1-27-11-13-28(14-12-27)20-9-6-17(22(23,24)25)15-19(20)26-21(29)10-5-16-3-7-18(30-2)8-4-16/h3-10,15H,11-14H2,1-2H3,(H,26,29)/p+1. The number of benzene rings is 2. The van der Waals surface area contributed by atoms with E-state index in [0.29, 0.717) is 24.5 Å². The Morgan fingerprint density at radius 2 is 1.80 bits per heavy atom. The van der Waals surface area contributed by atoms with Crippen molar-refractivity contribution in [2.75, 3.05) is 50.6 Å². The molecular weight excluding hydrogens is 395 g/mol. The van der Waals surface area contributed by atoms with Crippen LogP contribution in [0.2, 0.25) is 0 Å². The number of hydrogen-bond donors (Lipinski definition) is 2. The number of nitrogens with one attached hydrogen (secondary N) is 2. The van der Waals surface area contributed by atoms with Crippen LogP contribution in [0.4, 0.5) is 24.5 Å². The summed E-state index contributed by atoms with van der Waals surface area (Å²) in [5.41, 5.74) is 0.744. The lowest BCUT2D eigenvalue weighted by Gasteiger charge is -2.33. The fourth-order valence-electron chi connectivity index (χ4n) is 3.28. The highest BCUT2D eigenvalue weighted by molar-refractivity contribution is 6.04. The Balaban J connectivity index is 1.80. The van der Waals surface area contributed by atoms with Gasteiger partial charge in [-0.15, -0.1) is 0 Å². The van der Waals surface area contributed by atoms with Gasteiger partial charge in [-0.2, -0.15) is 13.2 Å². The van der Waals surface area contributed by atoms with E-state index in [4.69, 9.17) is 4.74 Å². The number of hydrogen-bond acceptors (Lipinski definition) is 3. The molecule has 0 unspecified atom stereocenters. The first-order chi connectivity index (χ1) is 14.3. The summed E-state index contributed by atoms with van der Waals surface area (Å²) in [6.07, 6.45) is -1.58. The van der Waals surface area contributed by atoms with E-state index in [0.717, 1.165) is 30.8 Å². The molecule has 30 heavy (non-hydrogen) atoms. The minimum Gasteiger partial charge on any atom is -0.497 e. The Labute approximate surface area is 173 Å². The van der Waals surface area contributed by atoms with Crippen molar-refractivity contribution in [3.8, 4) is 5.75 Å².